The fourth-order valence-corrected chi connectivity index (χ4v) is 5.31. The van der Waals surface area contributed by atoms with Crippen LogP contribution in [0.2, 0.25) is 0 Å². The molecule has 0 spiro atoms. The van der Waals surface area contributed by atoms with Gasteiger partial charge in [-0.2, -0.15) is 0 Å². The number of fused-ring (bicyclic) bond motifs is 2. The van der Waals surface area contributed by atoms with Crippen molar-refractivity contribution in [3.8, 4) is 0 Å². The third-order valence-electron chi connectivity index (χ3n) is 7.72. The number of rotatable bonds is 12. The lowest BCUT2D eigenvalue weighted by atomic mass is 9.99. The SMILES string of the molecule is CCC(=O)[C@@H](Cc1c[nH]c2cccc([N+](=O)[O-])c12)N(C)C(=O)OC(C)(C)C.CCC(=O)[C@@H](Cc1c[nH]c2cccc([N+](=O)[O-])c12)NC.[3H]C.[3H]C. The number of amides is 1. The molecule has 14 nitrogen and oxygen atoms in total. The van der Waals surface area contributed by atoms with E-state index in [1.165, 1.54) is 38.9 Å². The molecular formula is C35H50N6O8. The van der Waals surface area contributed by atoms with Gasteiger partial charge in [0.2, 0.25) is 0 Å². The molecule has 0 unspecified atom stereocenters. The summed E-state index contributed by atoms with van der Waals surface area (Å²) in [5.74, 6) is -0.0447. The molecule has 2 atom stereocenters. The maximum Gasteiger partial charge on any atom is 0.410 e. The molecule has 1 amide bonds. The van der Waals surface area contributed by atoms with Gasteiger partial charge in [-0.3, -0.25) is 29.8 Å². The predicted molar refractivity (Wildman–Crippen MR) is 192 cm³/mol. The van der Waals surface area contributed by atoms with E-state index in [1.807, 2.05) is 6.92 Å². The van der Waals surface area contributed by atoms with Crippen molar-refractivity contribution in [1.29, 1.82) is 0 Å². The molecule has 14 heteroatoms. The van der Waals surface area contributed by atoms with Crippen LogP contribution in [-0.2, 0) is 27.2 Å². The summed E-state index contributed by atoms with van der Waals surface area (Å²) in [6.07, 6.45) is 4.06. The zero-order valence-corrected chi connectivity index (χ0v) is 29.7. The summed E-state index contributed by atoms with van der Waals surface area (Å²) in [5, 5.41) is 26.5. The van der Waals surface area contributed by atoms with Gasteiger partial charge in [0.05, 0.1) is 43.7 Å². The van der Waals surface area contributed by atoms with E-state index in [0.29, 0.717) is 40.2 Å². The van der Waals surface area contributed by atoms with Crippen LogP contribution >= 0.6 is 0 Å². The van der Waals surface area contributed by atoms with Crippen LogP contribution in [0.15, 0.2) is 48.8 Å². The molecule has 2 aromatic heterocycles. The minimum absolute atomic E-state index is 0.0358. The van der Waals surface area contributed by atoms with Crippen LogP contribution in [0, 0.1) is 20.2 Å². The van der Waals surface area contributed by atoms with Crippen LogP contribution in [0.3, 0.4) is 0 Å². The average molecular weight is 687 g/mol. The first kappa shape index (κ1) is 38.3. The number of ether oxygens (including phenoxy) is 1. The molecule has 268 valence electrons. The van der Waals surface area contributed by atoms with E-state index in [1.54, 1.807) is 71.4 Å². The Kier molecular flexibility index (Phi) is 14.0. The summed E-state index contributed by atoms with van der Waals surface area (Å²) in [4.78, 5) is 65.7. The first-order valence-corrected chi connectivity index (χ1v) is 15.3. The first-order chi connectivity index (χ1) is 24.1. The van der Waals surface area contributed by atoms with Gasteiger partial charge in [-0.05, 0) is 57.5 Å². The molecule has 0 bridgehead atoms. The van der Waals surface area contributed by atoms with Crippen molar-refractivity contribution in [2.24, 2.45) is 0 Å². The monoisotopic (exact) mass is 686 g/mol. The second-order valence-corrected chi connectivity index (χ2v) is 12.0. The maximum absolute atomic E-state index is 12.5. The summed E-state index contributed by atoms with van der Waals surface area (Å²) in [7, 11) is 5.73. The zero-order valence-electron chi connectivity index (χ0n) is 31.7. The summed E-state index contributed by atoms with van der Waals surface area (Å²) in [6.45, 7) is 8.77. The number of non-ortho nitro benzene ring substituents is 2. The molecule has 4 aromatic rings. The fourth-order valence-electron chi connectivity index (χ4n) is 5.31. The average Bonchev–Trinajstić information content (AvgIpc) is 3.73. The number of nitro benzene ring substituents is 2. The number of hydrogen-bond donors (Lipinski definition) is 3. The molecule has 2 aromatic carbocycles. The lowest BCUT2D eigenvalue weighted by Gasteiger charge is -2.29. The molecule has 49 heavy (non-hydrogen) atoms. The molecule has 0 radical (unpaired) electrons. The Labute approximate surface area is 289 Å². The summed E-state index contributed by atoms with van der Waals surface area (Å²) in [6, 6.07) is 8.59. The van der Waals surface area contributed by atoms with Crippen LogP contribution in [-0.4, -0.2) is 74.2 Å². The number of hydrogen-bond acceptors (Lipinski definition) is 9. The van der Waals surface area contributed by atoms with Gasteiger partial charge in [-0.25, -0.2) is 4.79 Å². The molecule has 0 aliphatic carbocycles. The van der Waals surface area contributed by atoms with Gasteiger partial charge in [0, 0.05) is 53.6 Å². The maximum atomic E-state index is 12.5. The predicted octanol–water partition coefficient (Wildman–Crippen LogP) is 7.29. The van der Waals surface area contributed by atoms with Crippen molar-refractivity contribution < 1.29 is 31.7 Å². The van der Waals surface area contributed by atoms with Crippen molar-refractivity contribution in [3.63, 3.8) is 0 Å². The quantitative estimate of drug-likeness (QED) is 0.101. The summed E-state index contributed by atoms with van der Waals surface area (Å²) >= 11 is 0. The second kappa shape index (κ2) is 17.9. The zero-order chi connectivity index (χ0) is 39.1. The number of nitro groups is 2. The Bertz CT molecular complexity index is 1780. The number of Topliss-reactive ketones (excluding diaryl/α,β-unsaturated/α-hetero) is 2. The number of likely N-dealkylation sites (N-methyl/N-ethyl adjacent to an activating group) is 2. The third-order valence-corrected chi connectivity index (χ3v) is 7.72. The molecule has 0 saturated heterocycles. The highest BCUT2D eigenvalue weighted by atomic mass is 16.6. The standard InChI is InChI=1S/C19H25N3O5.C14H17N3O3.2CH4/c1-6-16(23)15(21(5)18(24)27-19(2,3)4)10-12-11-20-13-8-7-9-14(17(12)13)22(25)26;1-3-13(18)11(15-2)7-9-8-16-10-5-4-6-12(14(9)10)17(19)20;;/h7-9,11,15,20H,6,10H2,1-5H3;4-6,8,11,15-16H,3,7H2,1-2H3;2*1H4/t15-;11-;;/m11../s1/i;;2*1T. The Hall–Kier alpha value is -5.11. The molecule has 0 aliphatic rings. The molecule has 0 fully saturated rings. The van der Waals surface area contributed by atoms with E-state index in [2.05, 4.69) is 15.3 Å². The lowest BCUT2D eigenvalue weighted by molar-refractivity contribution is -0.383. The number of ketones is 2. The number of carbonyl (C=O) groups excluding carboxylic acids is 3. The Morgan fingerprint density at radius 3 is 1.71 bits per heavy atom. The number of aromatic nitrogens is 2. The Morgan fingerprint density at radius 2 is 1.33 bits per heavy atom. The van der Waals surface area contributed by atoms with Gasteiger partial charge < -0.3 is 24.9 Å². The number of benzene rings is 2. The highest BCUT2D eigenvalue weighted by molar-refractivity contribution is 5.94. The second-order valence-electron chi connectivity index (χ2n) is 12.0. The number of carbonyl (C=O) groups is 3. The molecule has 3 N–H and O–H groups in total. The summed E-state index contributed by atoms with van der Waals surface area (Å²) in [5.41, 5.74) is 2.07. The van der Waals surface area contributed by atoms with E-state index in [-0.39, 0.29) is 41.8 Å². The van der Waals surface area contributed by atoms with Crippen LogP contribution in [0.5, 0.6) is 0 Å². The normalized spacial score (nSPS) is 12.3. The molecule has 0 aliphatic heterocycles. The number of nitrogens with zero attached hydrogens (tertiary/aromatic N) is 3. The first-order valence-electron chi connectivity index (χ1n) is 17.3. The largest absolute Gasteiger partial charge is 0.444 e. The van der Waals surface area contributed by atoms with Crippen molar-refractivity contribution in [3.05, 3.63) is 80.1 Å². The highest BCUT2D eigenvalue weighted by Crippen LogP contribution is 2.31. The highest BCUT2D eigenvalue weighted by Gasteiger charge is 2.31. The van der Waals surface area contributed by atoms with E-state index in [4.69, 9.17) is 7.48 Å². The van der Waals surface area contributed by atoms with Gasteiger partial charge in [-0.15, -0.1) is 0 Å². The van der Waals surface area contributed by atoms with Crippen molar-refractivity contribution >= 4 is 50.8 Å². The number of aromatic amines is 2. The van der Waals surface area contributed by atoms with Gasteiger partial charge in [0.1, 0.15) is 11.4 Å². The topological polar surface area (TPSA) is 194 Å². The van der Waals surface area contributed by atoms with Gasteiger partial charge in [-0.1, -0.05) is 40.8 Å². The van der Waals surface area contributed by atoms with Gasteiger partial charge in [0.15, 0.2) is 5.78 Å². The van der Waals surface area contributed by atoms with Gasteiger partial charge >= 0.3 is 6.09 Å². The van der Waals surface area contributed by atoms with Crippen LogP contribution in [0.1, 0.15) is 76.1 Å². The molecule has 2 heterocycles. The van der Waals surface area contributed by atoms with Crippen molar-refractivity contribution in [2.45, 2.75) is 92.8 Å². The lowest BCUT2D eigenvalue weighted by Crippen LogP contribution is -2.45. The fraction of sp³-hybridized carbons (Fsp3) is 0.457. The minimum atomic E-state index is -0.774. The van der Waals surface area contributed by atoms with E-state index >= 15 is 0 Å². The minimum Gasteiger partial charge on any atom is -0.444 e. The molecule has 0 saturated carbocycles. The van der Waals surface area contributed by atoms with Crippen LogP contribution in [0.25, 0.3) is 21.8 Å². The Balaban J connectivity index is 0.000000481. The van der Waals surface area contributed by atoms with Gasteiger partial charge in [0.25, 0.3) is 11.4 Å². The van der Waals surface area contributed by atoms with E-state index in [9.17, 15) is 34.6 Å². The summed E-state index contributed by atoms with van der Waals surface area (Å²) < 4.78 is 16.9. The van der Waals surface area contributed by atoms with E-state index < -0.39 is 27.6 Å². The number of H-pyrrole nitrogens is 2. The van der Waals surface area contributed by atoms with Crippen LogP contribution < -0.4 is 5.32 Å². The molecule has 4 rings (SSSR count). The Morgan fingerprint density at radius 1 is 0.878 bits per heavy atom. The smallest absolute Gasteiger partial charge is 0.410 e. The third kappa shape index (κ3) is 10.2. The van der Waals surface area contributed by atoms with Crippen molar-refractivity contribution in [1.82, 2.24) is 20.2 Å². The van der Waals surface area contributed by atoms with Crippen LogP contribution in [0.4, 0.5) is 16.2 Å². The van der Waals surface area contributed by atoms with Crippen molar-refractivity contribution in [2.75, 3.05) is 14.1 Å². The van der Waals surface area contributed by atoms with E-state index in [0.717, 1.165) is 5.56 Å². The number of nitrogens with one attached hydrogen (secondary N) is 3. The molecular weight excluding hydrogens is 632 g/mol.